The van der Waals surface area contributed by atoms with E-state index in [0.717, 1.165) is 11.1 Å². The Balaban J connectivity index is 2.28. The maximum Gasteiger partial charge on any atom is 0.410 e. The van der Waals surface area contributed by atoms with Crippen LogP contribution in [0.3, 0.4) is 0 Å². The van der Waals surface area contributed by atoms with E-state index in [1.807, 2.05) is 6.08 Å². The second-order valence-electron chi connectivity index (χ2n) is 8.70. The zero-order valence-electron chi connectivity index (χ0n) is 16.8. The van der Waals surface area contributed by atoms with Crippen LogP contribution in [0.4, 0.5) is 9.18 Å². The summed E-state index contributed by atoms with van der Waals surface area (Å²) in [5.41, 5.74) is 0.219. The molecule has 0 fully saturated rings. The molecule has 2 rings (SSSR count). The van der Waals surface area contributed by atoms with Crippen molar-refractivity contribution in [3.05, 3.63) is 41.7 Å². The minimum absolute atomic E-state index is 0.180. The van der Waals surface area contributed by atoms with Crippen molar-refractivity contribution < 1.29 is 23.5 Å². The van der Waals surface area contributed by atoms with Gasteiger partial charge in [0.15, 0.2) is 0 Å². The summed E-state index contributed by atoms with van der Waals surface area (Å²) in [6.07, 6.45) is 0.707. The van der Waals surface area contributed by atoms with Crippen molar-refractivity contribution >= 4 is 17.6 Å². The zero-order chi connectivity index (χ0) is 20.4. The molecule has 0 spiro atoms. The molecule has 0 bridgehead atoms. The second-order valence-corrected chi connectivity index (χ2v) is 8.70. The van der Waals surface area contributed by atoms with E-state index < -0.39 is 23.2 Å². The van der Waals surface area contributed by atoms with Crippen LogP contribution in [-0.2, 0) is 14.3 Å². The van der Waals surface area contributed by atoms with E-state index in [0.29, 0.717) is 6.54 Å². The SMILES string of the molecule is CC(C)(C)OC(=O)N1CC=C(c2ccc(F)cc2)[C@H](OC(=O)C(C)(C)C)C1. The monoisotopic (exact) mass is 377 g/mol. The molecular formula is C21H28FNO4. The quantitative estimate of drug-likeness (QED) is 0.716. The first kappa shape index (κ1) is 20.9. The molecule has 1 aromatic carbocycles. The van der Waals surface area contributed by atoms with Crippen LogP contribution < -0.4 is 0 Å². The molecule has 0 radical (unpaired) electrons. The Bertz CT molecular complexity index is 726. The van der Waals surface area contributed by atoms with Crippen molar-refractivity contribution in [1.29, 1.82) is 0 Å². The molecule has 0 saturated heterocycles. The lowest BCUT2D eigenvalue weighted by Gasteiger charge is -2.35. The third kappa shape index (κ3) is 5.81. The van der Waals surface area contributed by atoms with Gasteiger partial charge in [-0.3, -0.25) is 4.79 Å². The van der Waals surface area contributed by atoms with Crippen LogP contribution in [0.15, 0.2) is 30.3 Å². The molecule has 1 atom stereocenters. The van der Waals surface area contributed by atoms with E-state index in [4.69, 9.17) is 9.47 Å². The lowest BCUT2D eigenvalue weighted by atomic mass is 9.94. The van der Waals surface area contributed by atoms with Gasteiger partial charge in [-0.25, -0.2) is 9.18 Å². The van der Waals surface area contributed by atoms with E-state index >= 15 is 0 Å². The summed E-state index contributed by atoms with van der Waals surface area (Å²) in [5, 5.41) is 0. The first-order valence-corrected chi connectivity index (χ1v) is 9.02. The number of esters is 1. The van der Waals surface area contributed by atoms with Crippen LogP contribution >= 0.6 is 0 Å². The van der Waals surface area contributed by atoms with E-state index in [1.165, 1.54) is 17.0 Å². The summed E-state index contributed by atoms with van der Waals surface area (Å²) in [6, 6.07) is 6.00. The number of ether oxygens (including phenoxy) is 2. The van der Waals surface area contributed by atoms with Crippen LogP contribution in [0.25, 0.3) is 5.57 Å². The minimum Gasteiger partial charge on any atom is -0.455 e. The van der Waals surface area contributed by atoms with Crippen molar-refractivity contribution in [2.75, 3.05) is 13.1 Å². The Hall–Kier alpha value is -2.37. The van der Waals surface area contributed by atoms with Crippen LogP contribution in [0.5, 0.6) is 0 Å². The lowest BCUT2D eigenvalue weighted by molar-refractivity contribution is -0.156. The number of rotatable bonds is 2. The molecule has 1 aromatic rings. The first-order chi connectivity index (χ1) is 12.4. The normalized spacial score (nSPS) is 18.0. The molecule has 0 aliphatic carbocycles. The fourth-order valence-corrected chi connectivity index (χ4v) is 2.54. The second kappa shape index (κ2) is 7.71. The molecule has 0 aromatic heterocycles. The fraction of sp³-hybridized carbons (Fsp3) is 0.524. The summed E-state index contributed by atoms with van der Waals surface area (Å²) in [4.78, 5) is 26.3. The standard InChI is InChI=1S/C21H28FNO4/c1-20(2,3)18(24)26-17-13-23(19(25)27-21(4,5)6)12-11-16(17)14-7-9-15(22)10-8-14/h7-11,17H,12-13H2,1-6H3/t17-/m1/s1. The van der Waals surface area contributed by atoms with Crippen molar-refractivity contribution in [2.45, 2.75) is 53.2 Å². The van der Waals surface area contributed by atoms with Gasteiger partial charge in [-0.05, 0) is 64.8 Å². The van der Waals surface area contributed by atoms with Crippen LogP contribution in [0.1, 0.15) is 47.1 Å². The predicted molar refractivity (Wildman–Crippen MR) is 102 cm³/mol. The highest BCUT2D eigenvalue weighted by atomic mass is 19.1. The summed E-state index contributed by atoms with van der Waals surface area (Å²) in [7, 11) is 0. The van der Waals surface area contributed by atoms with Crippen LogP contribution in [0, 0.1) is 11.2 Å². The topological polar surface area (TPSA) is 55.8 Å². The number of carbonyl (C=O) groups is 2. The van der Waals surface area contributed by atoms with Gasteiger partial charge in [0.25, 0.3) is 0 Å². The molecule has 0 unspecified atom stereocenters. The molecule has 0 saturated carbocycles. The lowest BCUT2D eigenvalue weighted by Crippen LogP contribution is -2.46. The van der Waals surface area contributed by atoms with Gasteiger partial charge in [0, 0.05) is 6.54 Å². The number of hydrogen-bond donors (Lipinski definition) is 0. The van der Waals surface area contributed by atoms with Crippen molar-refractivity contribution in [3.8, 4) is 0 Å². The summed E-state index contributed by atoms with van der Waals surface area (Å²) in [5.74, 6) is -0.708. The number of nitrogens with zero attached hydrogens (tertiary/aromatic N) is 1. The van der Waals surface area contributed by atoms with Crippen molar-refractivity contribution in [1.82, 2.24) is 4.90 Å². The Morgan fingerprint density at radius 1 is 1.07 bits per heavy atom. The molecule has 1 aliphatic rings. The molecule has 0 N–H and O–H groups in total. The van der Waals surface area contributed by atoms with E-state index in [9.17, 15) is 14.0 Å². The number of benzene rings is 1. The van der Waals surface area contributed by atoms with E-state index in [2.05, 4.69) is 0 Å². The summed E-state index contributed by atoms with van der Waals surface area (Å²) < 4.78 is 24.4. The maximum absolute atomic E-state index is 13.3. The first-order valence-electron chi connectivity index (χ1n) is 9.02. The van der Waals surface area contributed by atoms with Crippen molar-refractivity contribution in [3.63, 3.8) is 0 Å². The van der Waals surface area contributed by atoms with Gasteiger partial charge in [-0.1, -0.05) is 18.2 Å². The predicted octanol–water partition coefficient (Wildman–Crippen LogP) is 4.42. The van der Waals surface area contributed by atoms with Gasteiger partial charge in [-0.15, -0.1) is 0 Å². The highest BCUT2D eigenvalue weighted by Gasteiger charge is 2.34. The fourth-order valence-electron chi connectivity index (χ4n) is 2.54. The molecular weight excluding hydrogens is 349 g/mol. The van der Waals surface area contributed by atoms with Gasteiger partial charge >= 0.3 is 12.1 Å². The minimum atomic E-state index is -0.678. The van der Waals surface area contributed by atoms with Gasteiger partial charge < -0.3 is 14.4 Å². The van der Waals surface area contributed by atoms with Crippen LogP contribution in [-0.4, -0.2) is 41.8 Å². The van der Waals surface area contributed by atoms with Crippen molar-refractivity contribution in [2.24, 2.45) is 5.41 Å². The number of halogens is 1. The molecule has 6 heteroatoms. The summed E-state index contributed by atoms with van der Waals surface area (Å²) in [6.45, 7) is 11.2. The molecule has 1 aliphatic heterocycles. The highest BCUT2D eigenvalue weighted by molar-refractivity contribution is 5.80. The van der Waals surface area contributed by atoms with Gasteiger partial charge in [0.05, 0.1) is 12.0 Å². The average molecular weight is 377 g/mol. The molecule has 5 nitrogen and oxygen atoms in total. The molecule has 1 amide bonds. The molecule has 27 heavy (non-hydrogen) atoms. The average Bonchev–Trinajstić information content (AvgIpc) is 2.53. The van der Waals surface area contributed by atoms with Gasteiger partial charge in [0.1, 0.15) is 17.5 Å². The smallest absolute Gasteiger partial charge is 0.410 e. The third-order valence-electron chi connectivity index (χ3n) is 3.96. The third-order valence-corrected chi connectivity index (χ3v) is 3.96. The maximum atomic E-state index is 13.3. The Morgan fingerprint density at radius 3 is 2.19 bits per heavy atom. The Morgan fingerprint density at radius 2 is 1.67 bits per heavy atom. The van der Waals surface area contributed by atoms with Crippen LogP contribution in [0.2, 0.25) is 0 Å². The van der Waals surface area contributed by atoms with E-state index in [-0.39, 0.29) is 18.3 Å². The van der Waals surface area contributed by atoms with Gasteiger partial charge in [0.2, 0.25) is 0 Å². The Labute approximate surface area is 160 Å². The summed E-state index contributed by atoms with van der Waals surface area (Å²) >= 11 is 0. The number of carbonyl (C=O) groups excluding carboxylic acids is 2. The highest BCUT2D eigenvalue weighted by Crippen LogP contribution is 2.28. The number of amides is 1. The Kier molecular flexibility index (Phi) is 5.97. The van der Waals surface area contributed by atoms with Gasteiger partial charge in [-0.2, -0.15) is 0 Å². The zero-order valence-corrected chi connectivity index (χ0v) is 16.8. The van der Waals surface area contributed by atoms with E-state index in [1.54, 1.807) is 53.7 Å². The largest absolute Gasteiger partial charge is 0.455 e. The molecule has 148 valence electrons. The number of hydrogen-bond acceptors (Lipinski definition) is 4. The molecule has 1 heterocycles.